The molecule has 2 saturated heterocycles. The maximum absolute atomic E-state index is 12.5. The molecule has 0 aromatic heterocycles. The van der Waals surface area contributed by atoms with Crippen LogP contribution in [-0.4, -0.2) is 60.9 Å². The Kier molecular flexibility index (Phi) is 6.45. The van der Waals surface area contributed by atoms with Gasteiger partial charge in [0.15, 0.2) is 0 Å². The van der Waals surface area contributed by atoms with Crippen LogP contribution in [0.5, 0.6) is 0 Å². The summed E-state index contributed by atoms with van der Waals surface area (Å²) >= 11 is 0. The van der Waals surface area contributed by atoms with Gasteiger partial charge >= 0.3 is 0 Å². The molecule has 2 aliphatic heterocycles. The fourth-order valence-electron chi connectivity index (χ4n) is 4.18. The van der Waals surface area contributed by atoms with E-state index in [1.807, 2.05) is 29.2 Å². The number of carbonyl (C=O) groups is 2. The Morgan fingerprint density at radius 2 is 1.63 bits per heavy atom. The number of aryl methyl sites for hydroxylation is 1. The Morgan fingerprint density at radius 3 is 2.30 bits per heavy atom. The third-order valence-corrected chi connectivity index (χ3v) is 6.02. The molecule has 2 fully saturated rings. The third kappa shape index (κ3) is 5.07. The van der Waals surface area contributed by atoms with E-state index in [9.17, 15) is 9.59 Å². The minimum Gasteiger partial charge on any atom is -0.325 e. The first-order valence-electron chi connectivity index (χ1n) is 10.8. The highest BCUT2D eigenvalue weighted by Gasteiger charge is 2.22. The van der Waals surface area contributed by atoms with E-state index in [-0.39, 0.29) is 11.8 Å². The molecule has 0 radical (unpaired) electrons. The molecule has 0 spiro atoms. The molecular formula is C24H30N4O2. The number of piperazine rings is 1. The SMILES string of the molecule is Cc1ccccc1CN1CCN(CC(=O)Nc2ccc(N3CCCC3=O)cc2)CC1. The highest BCUT2D eigenvalue weighted by Crippen LogP contribution is 2.23. The predicted molar refractivity (Wildman–Crippen MR) is 120 cm³/mol. The maximum atomic E-state index is 12.5. The average molecular weight is 407 g/mol. The van der Waals surface area contributed by atoms with E-state index in [4.69, 9.17) is 0 Å². The van der Waals surface area contributed by atoms with E-state index >= 15 is 0 Å². The van der Waals surface area contributed by atoms with Crippen LogP contribution in [0, 0.1) is 6.92 Å². The van der Waals surface area contributed by atoms with Crippen LogP contribution in [0.2, 0.25) is 0 Å². The van der Waals surface area contributed by atoms with Gasteiger partial charge in [-0.05, 0) is 48.7 Å². The molecule has 1 N–H and O–H groups in total. The van der Waals surface area contributed by atoms with Gasteiger partial charge in [0.25, 0.3) is 0 Å². The number of carbonyl (C=O) groups excluding carboxylic acids is 2. The van der Waals surface area contributed by atoms with Crippen molar-refractivity contribution in [2.24, 2.45) is 0 Å². The lowest BCUT2D eigenvalue weighted by atomic mass is 10.1. The van der Waals surface area contributed by atoms with Crippen molar-refractivity contribution in [2.45, 2.75) is 26.3 Å². The van der Waals surface area contributed by atoms with Crippen molar-refractivity contribution < 1.29 is 9.59 Å². The molecule has 4 rings (SSSR count). The van der Waals surface area contributed by atoms with Gasteiger partial charge in [-0.25, -0.2) is 0 Å². The quantitative estimate of drug-likeness (QED) is 0.802. The van der Waals surface area contributed by atoms with Crippen LogP contribution in [0.15, 0.2) is 48.5 Å². The Balaban J connectivity index is 1.22. The van der Waals surface area contributed by atoms with Crippen molar-refractivity contribution in [3.8, 4) is 0 Å². The highest BCUT2D eigenvalue weighted by molar-refractivity contribution is 5.96. The molecule has 2 aromatic carbocycles. The molecular weight excluding hydrogens is 376 g/mol. The van der Waals surface area contributed by atoms with Crippen molar-refractivity contribution in [1.82, 2.24) is 9.80 Å². The van der Waals surface area contributed by atoms with Gasteiger partial charge in [0.2, 0.25) is 11.8 Å². The van der Waals surface area contributed by atoms with Gasteiger partial charge < -0.3 is 10.2 Å². The first kappa shape index (κ1) is 20.6. The van der Waals surface area contributed by atoms with Crippen molar-refractivity contribution in [2.75, 3.05) is 49.5 Å². The smallest absolute Gasteiger partial charge is 0.238 e. The van der Waals surface area contributed by atoms with Gasteiger partial charge in [0.05, 0.1) is 6.54 Å². The zero-order chi connectivity index (χ0) is 20.9. The first-order chi connectivity index (χ1) is 14.6. The monoisotopic (exact) mass is 406 g/mol. The fourth-order valence-corrected chi connectivity index (χ4v) is 4.18. The summed E-state index contributed by atoms with van der Waals surface area (Å²) in [5.74, 6) is 0.181. The molecule has 2 aromatic rings. The van der Waals surface area contributed by atoms with E-state index < -0.39 is 0 Å². The molecule has 2 heterocycles. The van der Waals surface area contributed by atoms with Crippen molar-refractivity contribution in [3.05, 3.63) is 59.7 Å². The Morgan fingerprint density at radius 1 is 0.933 bits per heavy atom. The van der Waals surface area contributed by atoms with Crippen LogP contribution in [0.3, 0.4) is 0 Å². The Labute approximate surface area is 178 Å². The summed E-state index contributed by atoms with van der Waals surface area (Å²) in [5.41, 5.74) is 4.39. The van der Waals surface area contributed by atoms with Crippen LogP contribution in [0.1, 0.15) is 24.0 Å². The number of benzene rings is 2. The molecule has 158 valence electrons. The van der Waals surface area contributed by atoms with Crippen molar-refractivity contribution in [1.29, 1.82) is 0 Å². The second-order valence-corrected chi connectivity index (χ2v) is 8.22. The Hall–Kier alpha value is -2.70. The lowest BCUT2D eigenvalue weighted by molar-refractivity contribution is -0.118. The number of rotatable bonds is 6. The van der Waals surface area contributed by atoms with Gasteiger partial charge in [0.1, 0.15) is 0 Å². The third-order valence-electron chi connectivity index (χ3n) is 6.02. The van der Waals surface area contributed by atoms with Gasteiger partial charge in [-0.2, -0.15) is 0 Å². The zero-order valence-electron chi connectivity index (χ0n) is 17.6. The molecule has 0 saturated carbocycles. The standard InChI is InChI=1S/C24H30N4O2/c1-19-5-2-3-6-20(19)17-26-13-15-27(16-14-26)18-23(29)25-21-8-10-22(11-9-21)28-12-4-7-24(28)30/h2-3,5-6,8-11H,4,7,12-18H2,1H3,(H,25,29). The first-order valence-corrected chi connectivity index (χ1v) is 10.8. The van der Waals surface area contributed by atoms with E-state index in [1.165, 1.54) is 11.1 Å². The van der Waals surface area contributed by atoms with Gasteiger partial charge in [-0.3, -0.25) is 19.4 Å². The second-order valence-electron chi connectivity index (χ2n) is 8.22. The number of hydrogen-bond acceptors (Lipinski definition) is 4. The maximum Gasteiger partial charge on any atom is 0.238 e. The van der Waals surface area contributed by atoms with Crippen LogP contribution >= 0.6 is 0 Å². The molecule has 2 aliphatic rings. The summed E-state index contributed by atoms with van der Waals surface area (Å²) in [6.45, 7) is 8.06. The summed E-state index contributed by atoms with van der Waals surface area (Å²) in [4.78, 5) is 30.8. The topological polar surface area (TPSA) is 55.9 Å². The van der Waals surface area contributed by atoms with Crippen molar-refractivity contribution >= 4 is 23.2 Å². The number of nitrogens with zero attached hydrogens (tertiary/aromatic N) is 3. The van der Waals surface area contributed by atoms with Crippen LogP contribution in [0.25, 0.3) is 0 Å². The van der Waals surface area contributed by atoms with E-state index in [0.29, 0.717) is 13.0 Å². The van der Waals surface area contributed by atoms with Gasteiger partial charge in [-0.1, -0.05) is 24.3 Å². The molecule has 0 aliphatic carbocycles. The molecule has 6 nitrogen and oxygen atoms in total. The van der Waals surface area contributed by atoms with E-state index in [1.54, 1.807) is 0 Å². The predicted octanol–water partition coefficient (Wildman–Crippen LogP) is 2.88. The fraction of sp³-hybridized carbons (Fsp3) is 0.417. The molecule has 0 bridgehead atoms. The summed E-state index contributed by atoms with van der Waals surface area (Å²) < 4.78 is 0. The molecule has 0 atom stereocenters. The molecule has 30 heavy (non-hydrogen) atoms. The summed E-state index contributed by atoms with van der Waals surface area (Å²) in [7, 11) is 0. The normalized spacial score (nSPS) is 18.0. The van der Waals surface area contributed by atoms with Crippen molar-refractivity contribution in [3.63, 3.8) is 0 Å². The second kappa shape index (κ2) is 9.41. The van der Waals surface area contributed by atoms with Crippen LogP contribution in [0.4, 0.5) is 11.4 Å². The Bertz CT molecular complexity index is 888. The number of hydrogen-bond donors (Lipinski definition) is 1. The number of nitrogens with one attached hydrogen (secondary N) is 1. The lowest BCUT2D eigenvalue weighted by Crippen LogP contribution is -2.48. The van der Waals surface area contributed by atoms with Crippen LogP contribution < -0.4 is 10.2 Å². The van der Waals surface area contributed by atoms with E-state index in [2.05, 4.69) is 46.3 Å². The van der Waals surface area contributed by atoms with E-state index in [0.717, 1.165) is 57.1 Å². The minimum absolute atomic E-state index is 0.00681. The largest absolute Gasteiger partial charge is 0.325 e. The summed E-state index contributed by atoms with van der Waals surface area (Å²) in [6.07, 6.45) is 1.53. The molecule has 2 amide bonds. The highest BCUT2D eigenvalue weighted by atomic mass is 16.2. The minimum atomic E-state index is 0.00681. The summed E-state index contributed by atoms with van der Waals surface area (Å²) in [5, 5.41) is 2.98. The zero-order valence-corrected chi connectivity index (χ0v) is 17.6. The molecule has 6 heteroatoms. The number of amides is 2. The number of anilines is 2. The summed E-state index contributed by atoms with van der Waals surface area (Å²) in [6, 6.07) is 16.1. The molecule has 0 unspecified atom stereocenters. The van der Waals surface area contributed by atoms with Crippen LogP contribution in [-0.2, 0) is 16.1 Å². The van der Waals surface area contributed by atoms with Gasteiger partial charge in [-0.15, -0.1) is 0 Å². The van der Waals surface area contributed by atoms with Gasteiger partial charge in [0, 0.05) is 57.1 Å². The lowest BCUT2D eigenvalue weighted by Gasteiger charge is -2.34. The average Bonchev–Trinajstić information content (AvgIpc) is 3.17.